The predicted molar refractivity (Wildman–Crippen MR) is 49.4 cm³/mol. The Morgan fingerprint density at radius 2 is 2.00 bits per heavy atom. The van der Waals surface area contributed by atoms with Gasteiger partial charge in [-0.3, -0.25) is 0 Å². The van der Waals surface area contributed by atoms with Crippen molar-refractivity contribution < 1.29 is 77.7 Å². The number of fused-ring (bicyclic) bond motifs is 1. The van der Waals surface area contributed by atoms with Crippen LogP contribution in [0.5, 0.6) is 0 Å². The molecule has 0 atom stereocenters. The molecule has 2 aromatic rings. The normalized spacial score (nSPS) is 10.6. The molecule has 0 aliphatic rings. The molecule has 0 aromatic carbocycles. The van der Waals surface area contributed by atoms with E-state index in [4.69, 9.17) is 0 Å². The van der Waals surface area contributed by atoms with E-state index in [1.54, 1.807) is 16.8 Å². The van der Waals surface area contributed by atoms with Crippen LogP contribution in [0.15, 0.2) is 12.3 Å². The number of rotatable bonds is 0. The molecular weight excluding hydrogens is 349 g/mol. The molecular formula is C10H11N3RbRu. The predicted octanol–water partition coefficient (Wildman–Crippen LogP) is -1.37. The number of aromatic nitrogens is 3. The zero-order valence-electron chi connectivity index (χ0n) is 9.35. The minimum atomic E-state index is 0. The summed E-state index contributed by atoms with van der Waals surface area (Å²) < 4.78 is 1.80. The summed E-state index contributed by atoms with van der Waals surface area (Å²) in [6, 6.07) is 4.69. The van der Waals surface area contributed by atoms with Crippen molar-refractivity contribution >= 4 is 5.65 Å². The van der Waals surface area contributed by atoms with E-state index >= 15 is 0 Å². The summed E-state index contributed by atoms with van der Waals surface area (Å²) in [7, 11) is 0. The van der Waals surface area contributed by atoms with Crippen molar-refractivity contribution in [2.45, 2.75) is 26.2 Å². The van der Waals surface area contributed by atoms with Gasteiger partial charge < -0.3 is 9.50 Å². The second kappa shape index (κ2) is 6.11. The molecule has 3 nitrogen and oxygen atoms in total. The SMILES string of the molecule is CC(C)(C)c1[c-]nc2c[c-]cnn12.[Rb+].[Ru+]. The molecule has 2 rings (SSSR count). The third kappa shape index (κ3) is 3.50. The van der Waals surface area contributed by atoms with Crippen LogP contribution < -0.4 is 58.2 Å². The molecule has 0 fully saturated rings. The van der Waals surface area contributed by atoms with Crippen LogP contribution in [0.1, 0.15) is 26.5 Å². The molecule has 0 spiro atoms. The van der Waals surface area contributed by atoms with Gasteiger partial charge in [0.2, 0.25) is 0 Å². The van der Waals surface area contributed by atoms with Gasteiger partial charge in [-0.1, -0.05) is 20.8 Å². The summed E-state index contributed by atoms with van der Waals surface area (Å²) in [5.41, 5.74) is 1.82. The van der Waals surface area contributed by atoms with Crippen molar-refractivity contribution in [3.05, 3.63) is 30.2 Å². The Hall–Kier alpha value is 1.05. The second-order valence-corrected chi connectivity index (χ2v) is 4.05. The van der Waals surface area contributed by atoms with Crippen LogP contribution in [0.4, 0.5) is 0 Å². The largest absolute Gasteiger partial charge is 1.00 e. The fourth-order valence-corrected chi connectivity index (χ4v) is 1.22. The van der Waals surface area contributed by atoms with Gasteiger partial charge in [0.05, 0.1) is 0 Å². The maximum atomic E-state index is 4.17. The Labute approximate surface area is 152 Å². The van der Waals surface area contributed by atoms with Crippen LogP contribution in [0.25, 0.3) is 5.65 Å². The fourth-order valence-electron chi connectivity index (χ4n) is 1.22. The molecule has 0 bridgehead atoms. The molecule has 15 heavy (non-hydrogen) atoms. The Bertz CT molecular complexity index is 433. The van der Waals surface area contributed by atoms with Gasteiger partial charge in [-0.05, 0) is 23.0 Å². The van der Waals surface area contributed by atoms with Gasteiger partial charge in [0.15, 0.2) is 0 Å². The zero-order valence-corrected chi connectivity index (χ0v) is 16.0. The van der Waals surface area contributed by atoms with Crippen LogP contribution in [-0.4, -0.2) is 14.6 Å². The molecule has 0 unspecified atom stereocenters. The van der Waals surface area contributed by atoms with Crippen molar-refractivity contribution in [1.82, 2.24) is 14.6 Å². The summed E-state index contributed by atoms with van der Waals surface area (Å²) >= 11 is 0. The maximum absolute atomic E-state index is 4.17. The molecule has 0 aliphatic carbocycles. The van der Waals surface area contributed by atoms with Gasteiger partial charge >= 0.3 is 77.7 Å². The van der Waals surface area contributed by atoms with E-state index in [0.717, 1.165) is 11.3 Å². The second-order valence-electron chi connectivity index (χ2n) is 4.05. The Morgan fingerprint density at radius 3 is 2.60 bits per heavy atom. The molecule has 0 amide bonds. The topological polar surface area (TPSA) is 30.2 Å². The van der Waals surface area contributed by atoms with Gasteiger partial charge in [0, 0.05) is 0 Å². The Balaban J connectivity index is 0.000000980. The molecule has 0 saturated carbocycles. The van der Waals surface area contributed by atoms with E-state index in [9.17, 15) is 0 Å². The smallest absolute Gasteiger partial charge is 0.435 e. The fraction of sp³-hybridized carbons (Fsp3) is 0.400. The van der Waals surface area contributed by atoms with E-state index in [0.29, 0.717) is 0 Å². The van der Waals surface area contributed by atoms with Gasteiger partial charge in [0.25, 0.3) is 0 Å². The van der Waals surface area contributed by atoms with Crippen molar-refractivity contribution in [2.75, 3.05) is 0 Å². The molecule has 0 saturated heterocycles. The standard InChI is InChI=1S/C10H11N3.Rb.Ru/c1-10(2,3)8-7-11-9-5-4-6-12-13(8)9;;/h5-6H,1-3H3;;/q-2;2*+1. The average Bonchev–Trinajstić information content (AvgIpc) is 2.45. The van der Waals surface area contributed by atoms with Gasteiger partial charge in [-0.15, -0.1) is 6.20 Å². The van der Waals surface area contributed by atoms with E-state index < -0.39 is 0 Å². The molecule has 2 aromatic heterocycles. The molecule has 75 valence electrons. The molecule has 5 heteroatoms. The zero-order chi connectivity index (χ0) is 9.47. The first-order chi connectivity index (χ1) is 6.09. The van der Waals surface area contributed by atoms with Gasteiger partial charge in [-0.2, -0.15) is 6.07 Å². The molecule has 2 heterocycles. The van der Waals surface area contributed by atoms with Crippen molar-refractivity contribution in [3.8, 4) is 0 Å². The van der Waals surface area contributed by atoms with Crippen LogP contribution in [0.3, 0.4) is 0 Å². The van der Waals surface area contributed by atoms with Crippen LogP contribution in [0, 0.1) is 12.3 Å². The van der Waals surface area contributed by atoms with Crippen molar-refractivity contribution in [3.63, 3.8) is 0 Å². The monoisotopic (exact) mass is 360 g/mol. The summed E-state index contributed by atoms with van der Waals surface area (Å²) in [5, 5.41) is 4.17. The van der Waals surface area contributed by atoms with Gasteiger partial charge in [-0.25, -0.2) is 11.2 Å². The molecule has 0 aliphatic heterocycles. The Morgan fingerprint density at radius 1 is 1.33 bits per heavy atom. The Kier molecular flexibility index (Phi) is 6.54. The minimum Gasteiger partial charge on any atom is -0.435 e. The first-order valence-electron chi connectivity index (χ1n) is 4.22. The molecule has 1 radical (unpaired) electrons. The van der Waals surface area contributed by atoms with Crippen LogP contribution in [-0.2, 0) is 24.9 Å². The first kappa shape index (κ1) is 16.0. The van der Waals surface area contributed by atoms with Crippen LogP contribution in [0.2, 0.25) is 0 Å². The van der Waals surface area contributed by atoms with E-state index in [1.807, 2.05) is 0 Å². The summed E-state index contributed by atoms with van der Waals surface area (Å²) in [6.45, 7) is 6.35. The number of imidazole rings is 1. The van der Waals surface area contributed by atoms with Crippen molar-refractivity contribution in [1.29, 1.82) is 0 Å². The average molecular weight is 360 g/mol. The number of nitrogens with zero attached hydrogens (tertiary/aromatic N) is 3. The van der Waals surface area contributed by atoms with Crippen molar-refractivity contribution in [2.24, 2.45) is 0 Å². The number of hydrogen-bond donors (Lipinski definition) is 0. The first-order valence-corrected chi connectivity index (χ1v) is 4.22. The third-order valence-corrected chi connectivity index (χ3v) is 1.88. The number of hydrogen-bond acceptors (Lipinski definition) is 2. The summed E-state index contributed by atoms with van der Waals surface area (Å²) in [6.07, 6.45) is 4.62. The quantitative estimate of drug-likeness (QED) is 0.429. The minimum absolute atomic E-state index is 0. The van der Waals surface area contributed by atoms with E-state index in [2.05, 4.69) is 43.1 Å². The van der Waals surface area contributed by atoms with Crippen LogP contribution >= 0.6 is 0 Å². The summed E-state index contributed by atoms with van der Waals surface area (Å²) in [4.78, 5) is 4.13. The summed E-state index contributed by atoms with van der Waals surface area (Å²) in [5.74, 6) is 0. The van der Waals surface area contributed by atoms with E-state index in [1.165, 1.54) is 0 Å². The van der Waals surface area contributed by atoms with E-state index in [-0.39, 0.29) is 83.1 Å². The van der Waals surface area contributed by atoms with Gasteiger partial charge in [0.1, 0.15) is 0 Å². The third-order valence-electron chi connectivity index (χ3n) is 1.88. The maximum Gasteiger partial charge on any atom is 1.00 e. The molecule has 0 N–H and O–H groups in total.